The maximum Gasteiger partial charge on any atom is 0.213 e. The molecule has 0 saturated heterocycles. The standard InChI is InChI=1S/C13H22N2O4S/c1-18-8-9-19-10-11-20(16,17)15-7-3-5-13-4-2-6-14-12-13/h2,4,6,12,15H,3,5,7-11H2,1H3. The van der Waals surface area contributed by atoms with Crippen molar-refractivity contribution in [3.8, 4) is 0 Å². The van der Waals surface area contributed by atoms with Gasteiger partial charge in [-0.1, -0.05) is 6.07 Å². The Balaban J connectivity index is 2.10. The highest BCUT2D eigenvalue weighted by molar-refractivity contribution is 7.89. The van der Waals surface area contributed by atoms with Crippen LogP contribution in [-0.4, -0.2) is 52.6 Å². The molecule has 0 spiro atoms. The van der Waals surface area contributed by atoms with Gasteiger partial charge in [-0.2, -0.15) is 0 Å². The Kier molecular flexibility index (Phi) is 8.36. The molecule has 0 radical (unpaired) electrons. The molecule has 0 bridgehead atoms. The molecule has 0 aliphatic heterocycles. The van der Waals surface area contributed by atoms with Gasteiger partial charge in [-0.25, -0.2) is 13.1 Å². The SMILES string of the molecule is COCCOCCS(=O)(=O)NCCCc1cccnc1. The molecule has 1 heterocycles. The fourth-order valence-corrected chi connectivity index (χ4v) is 2.49. The maximum absolute atomic E-state index is 11.6. The molecule has 0 atom stereocenters. The van der Waals surface area contributed by atoms with E-state index < -0.39 is 10.0 Å². The minimum absolute atomic E-state index is 0.0242. The lowest BCUT2D eigenvalue weighted by Crippen LogP contribution is -2.29. The molecular weight excluding hydrogens is 280 g/mol. The van der Waals surface area contributed by atoms with E-state index in [9.17, 15) is 8.42 Å². The predicted molar refractivity (Wildman–Crippen MR) is 77.0 cm³/mol. The third-order valence-electron chi connectivity index (χ3n) is 2.62. The quantitative estimate of drug-likeness (QED) is 0.606. The van der Waals surface area contributed by atoms with Gasteiger partial charge >= 0.3 is 0 Å². The van der Waals surface area contributed by atoms with Crippen LogP contribution in [0.3, 0.4) is 0 Å². The van der Waals surface area contributed by atoms with Crippen molar-refractivity contribution < 1.29 is 17.9 Å². The highest BCUT2D eigenvalue weighted by Crippen LogP contribution is 1.99. The topological polar surface area (TPSA) is 77.5 Å². The van der Waals surface area contributed by atoms with Crippen LogP contribution in [0.4, 0.5) is 0 Å². The summed E-state index contributed by atoms with van der Waals surface area (Å²) >= 11 is 0. The van der Waals surface area contributed by atoms with Crippen LogP contribution in [0.25, 0.3) is 0 Å². The highest BCUT2D eigenvalue weighted by Gasteiger charge is 2.08. The van der Waals surface area contributed by atoms with E-state index in [-0.39, 0.29) is 12.4 Å². The molecule has 0 saturated carbocycles. The van der Waals surface area contributed by atoms with E-state index in [1.165, 1.54) is 0 Å². The van der Waals surface area contributed by atoms with Gasteiger partial charge in [-0.05, 0) is 24.5 Å². The molecule has 1 N–H and O–H groups in total. The van der Waals surface area contributed by atoms with Gasteiger partial charge in [-0.15, -0.1) is 0 Å². The van der Waals surface area contributed by atoms with Gasteiger partial charge in [-0.3, -0.25) is 4.98 Å². The summed E-state index contributed by atoms with van der Waals surface area (Å²) in [7, 11) is -1.68. The number of ether oxygens (including phenoxy) is 2. The molecule has 0 fully saturated rings. The van der Waals surface area contributed by atoms with Crippen LogP contribution in [0, 0.1) is 0 Å². The van der Waals surface area contributed by atoms with Crippen molar-refractivity contribution in [1.82, 2.24) is 9.71 Å². The van der Waals surface area contributed by atoms with Crippen molar-refractivity contribution in [3.63, 3.8) is 0 Å². The minimum atomic E-state index is -3.25. The maximum atomic E-state index is 11.6. The summed E-state index contributed by atoms with van der Waals surface area (Å²) in [6.07, 6.45) is 5.06. The Hall–Kier alpha value is -1.02. The number of hydrogen-bond acceptors (Lipinski definition) is 5. The second-order valence-corrected chi connectivity index (χ2v) is 6.21. The van der Waals surface area contributed by atoms with E-state index in [1.54, 1.807) is 19.5 Å². The predicted octanol–water partition coefficient (Wildman–Crippen LogP) is 0.597. The number of nitrogens with zero attached hydrogens (tertiary/aromatic N) is 1. The van der Waals surface area contributed by atoms with Crippen molar-refractivity contribution in [2.75, 3.05) is 39.2 Å². The summed E-state index contributed by atoms with van der Waals surface area (Å²) in [4.78, 5) is 4.01. The van der Waals surface area contributed by atoms with Crippen LogP contribution >= 0.6 is 0 Å². The summed E-state index contributed by atoms with van der Waals surface area (Å²) in [5, 5.41) is 0. The van der Waals surface area contributed by atoms with E-state index in [0.717, 1.165) is 18.4 Å². The van der Waals surface area contributed by atoms with Gasteiger partial charge in [0, 0.05) is 26.0 Å². The zero-order chi connectivity index (χ0) is 14.7. The average molecular weight is 302 g/mol. The molecular formula is C13H22N2O4S. The molecule has 1 aromatic rings. The third kappa shape index (κ3) is 8.21. The Labute approximate surface area is 120 Å². The van der Waals surface area contributed by atoms with E-state index >= 15 is 0 Å². The molecule has 0 aromatic carbocycles. The van der Waals surface area contributed by atoms with Crippen molar-refractivity contribution in [2.45, 2.75) is 12.8 Å². The molecule has 7 heteroatoms. The molecule has 0 aliphatic carbocycles. The van der Waals surface area contributed by atoms with Gasteiger partial charge in [0.1, 0.15) is 0 Å². The lowest BCUT2D eigenvalue weighted by atomic mass is 10.2. The summed E-state index contributed by atoms with van der Waals surface area (Å²) in [5.74, 6) is -0.0242. The lowest BCUT2D eigenvalue weighted by Gasteiger charge is -2.07. The molecule has 114 valence electrons. The van der Waals surface area contributed by atoms with Crippen LogP contribution in [-0.2, 0) is 25.9 Å². The first-order chi connectivity index (χ1) is 9.64. The third-order valence-corrected chi connectivity index (χ3v) is 3.96. The second-order valence-electron chi connectivity index (χ2n) is 4.28. The number of sulfonamides is 1. The summed E-state index contributed by atoms with van der Waals surface area (Å²) < 4.78 is 35.8. The number of pyridine rings is 1. The fourth-order valence-electron chi connectivity index (χ4n) is 1.55. The first-order valence-corrected chi connectivity index (χ1v) is 8.22. The van der Waals surface area contributed by atoms with Gasteiger partial charge in [0.2, 0.25) is 10.0 Å². The summed E-state index contributed by atoms with van der Waals surface area (Å²) in [6, 6.07) is 3.85. The van der Waals surface area contributed by atoms with Crippen molar-refractivity contribution >= 4 is 10.0 Å². The fraction of sp³-hybridized carbons (Fsp3) is 0.615. The first kappa shape index (κ1) is 17.0. The summed E-state index contributed by atoms with van der Waals surface area (Å²) in [5.41, 5.74) is 1.11. The smallest absolute Gasteiger partial charge is 0.213 e. The Bertz CT molecular complexity index is 451. The second kappa shape index (κ2) is 9.82. The van der Waals surface area contributed by atoms with Gasteiger partial charge < -0.3 is 9.47 Å². The number of hydrogen-bond donors (Lipinski definition) is 1. The van der Waals surface area contributed by atoms with Crippen LogP contribution in [0.15, 0.2) is 24.5 Å². The van der Waals surface area contributed by atoms with E-state index in [4.69, 9.17) is 9.47 Å². The minimum Gasteiger partial charge on any atom is -0.382 e. The zero-order valence-corrected chi connectivity index (χ0v) is 12.6. The van der Waals surface area contributed by atoms with Crippen LogP contribution in [0.1, 0.15) is 12.0 Å². The molecule has 6 nitrogen and oxygen atoms in total. The molecule has 0 amide bonds. The van der Waals surface area contributed by atoms with E-state index in [1.807, 2.05) is 12.1 Å². The molecule has 0 unspecified atom stereocenters. The normalized spacial score (nSPS) is 11.7. The lowest BCUT2D eigenvalue weighted by molar-refractivity contribution is 0.0784. The molecule has 0 aliphatic rings. The number of aromatic nitrogens is 1. The van der Waals surface area contributed by atoms with E-state index in [2.05, 4.69) is 9.71 Å². The number of nitrogens with one attached hydrogen (secondary N) is 1. The van der Waals surface area contributed by atoms with Crippen LogP contribution < -0.4 is 4.72 Å². The number of methoxy groups -OCH3 is 1. The van der Waals surface area contributed by atoms with E-state index in [0.29, 0.717) is 19.8 Å². The first-order valence-electron chi connectivity index (χ1n) is 6.57. The largest absolute Gasteiger partial charge is 0.382 e. The van der Waals surface area contributed by atoms with Gasteiger partial charge in [0.25, 0.3) is 0 Å². The number of aryl methyl sites for hydroxylation is 1. The van der Waals surface area contributed by atoms with Crippen molar-refractivity contribution in [3.05, 3.63) is 30.1 Å². The van der Waals surface area contributed by atoms with Gasteiger partial charge in [0.05, 0.1) is 25.6 Å². The Morgan fingerprint density at radius 1 is 1.30 bits per heavy atom. The molecule has 1 rings (SSSR count). The highest BCUT2D eigenvalue weighted by atomic mass is 32.2. The van der Waals surface area contributed by atoms with Crippen LogP contribution in [0.2, 0.25) is 0 Å². The molecule has 20 heavy (non-hydrogen) atoms. The van der Waals surface area contributed by atoms with Crippen LogP contribution in [0.5, 0.6) is 0 Å². The van der Waals surface area contributed by atoms with Crippen molar-refractivity contribution in [2.24, 2.45) is 0 Å². The van der Waals surface area contributed by atoms with Crippen molar-refractivity contribution in [1.29, 1.82) is 0 Å². The summed E-state index contributed by atoms with van der Waals surface area (Å²) in [6.45, 7) is 1.49. The monoisotopic (exact) mass is 302 g/mol. The zero-order valence-electron chi connectivity index (χ0n) is 11.7. The Morgan fingerprint density at radius 3 is 2.85 bits per heavy atom. The molecule has 1 aromatic heterocycles. The Morgan fingerprint density at radius 2 is 2.15 bits per heavy atom. The average Bonchev–Trinajstić information content (AvgIpc) is 2.44. The van der Waals surface area contributed by atoms with Gasteiger partial charge in [0.15, 0.2) is 0 Å². The number of rotatable bonds is 11.